The third-order valence-corrected chi connectivity index (χ3v) is 7.14. The topological polar surface area (TPSA) is 46.2 Å². The molecule has 0 aromatic carbocycles. The van der Waals surface area contributed by atoms with Gasteiger partial charge in [-0.3, -0.25) is 0 Å². The van der Waals surface area contributed by atoms with Crippen LogP contribution in [0, 0.1) is 46.3 Å². The smallest absolute Gasteiger partial charge is 0.115 e. The number of hydrogen-bond donors (Lipinski definition) is 2. The van der Waals surface area contributed by atoms with Crippen LogP contribution < -0.4 is 5.73 Å². The highest BCUT2D eigenvalue weighted by Crippen LogP contribution is 3.03. The Morgan fingerprint density at radius 1 is 1.38 bits per heavy atom. The van der Waals surface area contributed by atoms with Crippen LogP contribution in [0.3, 0.4) is 0 Å². The summed E-state index contributed by atoms with van der Waals surface area (Å²) < 4.78 is 0. The lowest BCUT2D eigenvalue weighted by molar-refractivity contribution is 0.118. The summed E-state index contributed by atoms with van der Waals surface area (Å²) in [7, 11) is 0. The van der Waals surface area contributed by atoms with Crippen LogP contribution in [0.2, 0.25) is 0 Å². The fourth-order valence-electron chi connectivity index (χ4n) is 6.81. The van der Waals surface area contributed by atoms with E-state index >= 15 is 0 Å². The minimum absolute atomic E-state index is 0.286. The number of aliphatic hydroxyl groups is 1. The van der Waals surface area contributed by atoms with Crippen molar-refractivity contribution in [2.24, 2.45) is 52.1 Å². The number of aliphatic hydroxyl groups excluding tert-OH is 1. The molecule has 3 N–H and O–H groups in total. The van der Waals surface area contributed by atoms with E-state index in [2.05, 4.69) is 6.08 Å². The molecule has 82 valence electrons. The summed E-state index contributed by atoms with van der Waals surface area (Å²) in [5, 5.41) is 10.0. The van der Waals surface area contributed by atoms with Gasteiger partial charge in [0, 0.05) is 17.4 Å². The highest BCUT2D eigenvalue weighted by Gasteiger charge is 3.00. The molecule has 6 rings (SSSR count). The summed E-state index contributed by atoms with van der Waals surface area (Å²) in [5.41, 5.74) is 8.15. The molecule has 5 fully saturated rings. The molecule has 0 aromatic rings. The standard InChI is InChI=1S/C14H15NO/c15-4-13-2-1-7(16)10-11-8-5-3-6(5)9(8)12(13)14(10,11)13/h1-2,5-6,8-9,11-12,16H,3-4,15H2. The normalized spacial score (nSPS) is 73.6. The molecular formula is C14H15NO. The summed E-state index contributed by atoms with van der Waals surface area (Å²) in [6.07, 6.45) is 5.68. The molecule has 0 saturated heterocycles. The molecular weight excluding hydrogens is 198 g/mol. The number of hydrogen-bond acceptors (Lipinski definition) is 2. The van der Waals surface area contributed by atoms with Crippen molar-refractivity contribution in [1.29, 1.82) is 0 Å². The van der Waals surface area contributed by atoms with Crippen molar-refractivity contribution in [3.8, 4) is 0 Å². The van der Waals surface area contributed by atoms with E-state index in [0.29, 0.717) is 11.2 Å². The highest BCUT2D eigenvalue weighted by molar-refractivity contribution is 5.67. The summed E-state index contributed by atoms with van der Waals surface area (Å²) >= 11 is 0. The number of rotatable bonds is 1. The van der Waals surface area contributed by atoms with E-state index in [1.54, 1.807) is 0 Å². The van der Waals surface area contributed by atoms with Gasteiger partial charge in [0.1, 0.15) is 5.76 Å². The minimum Gasteiger partial charge on any atom is -0.508 e. The molecule has 2 nitrogen and oxygen atoms in total. The Labute approximate surface area is 94.2 Å². The second kappa shape index (κ2) is 1.62. The van der Waals surface area contributed by atoms with Crippen LogP contribution in [0.5, 0.6) is 0 Å². The van der Waals surface area contributed by atoms with Gasteiger partial charge < -0.3 is 10.8 Å². The van der Waals surface area contributed by atoms with Crippen LogP contribution in [0.4, 0.5) is 0 Å². The molecule has 0 aliphatic heterocycles. The predicted molar refractivity (Wildman–Crippen MR) is 58.3 cm³/mol. The van der Waals surface area contributed by atoms with Gasteiger partial charge in [0.05, 0.1) is 0 Å². The Morgan fingerprint density at radius 2 is 2.19 bits per heavy atom. The third kappa shape index (κ3) is 0.391. The second-order valence-corrected chi connectivity index (χ2v) is 6.92. The molecule has 5 saturated carbocycles. The van der Waals surface area contributed by atoms with Gasteiger partial charge in [0.25, 0.3) is 0 Å². The number of fused-ring (bicyclic) bond motifs is 8. The van der Waals surface area contributed by atoms with E-state index < -0.39 is 0 Å². The number of nitrogens with two attached hydrogens (primary N) is 1. The first kappa shape index (κ1) is 7.54. The zero-order valence-corrected chi connectivity index (χ0v) is 9.06. The van der Waals surface area contributed by atoms with E-state index in [1.807, 2.05) is 6.08 Å². The molecule has 0 radical (unpaired) electrons. The van der Waals surface area contributed by atoms with Crippen LogP contribution in [0.25, 0.3) is 0 Å². The fraction of sp³-hybridized carbons (Fsp3) is 0.714. The maximum absolute atomic E-state index is 10.0. The Kier molecular flexibility index (Phi) is 0.764. The van der Waals surface area contributed by atoms with Gasteiger partial charge >= 0.3 is 0 Å². The molecule has 1 spiro atoms. The first-order chi connectivity index (χ1) is 7.79. The van der Waals surface area contributed by atoms with Crippen molar-refractivity contribution >= 4 is 0 Å². The molecule has 6 aliphatic carbocycles. The third-order valence-electron chi connectivity index (χ3n) is 7.14. The van der Waals surface area contributed by atoms with Gasteiger partial charge in [-0.2, -0.15) is 0 Å². The first-order valence-electron chi connectivity index (χ1n) is 6.62. The Bertz CT molecular complexity index is 535. The van der Waals surface area contributed by atoms with Crippen molar-refractivity contribution in [2.75, 3.05) is 6.54 Å². The van der Waals surface area contributed by atoms with Gasteiger partial charge in [-0.25, -0.2) is 0 Å². The van der Waals surface area contributed by atoms with Crippen molar-refractivity contribution < 1.29 is 5.11 Å². The van der Waals surface area contributed by atoms with Gasteiger partial charge in [-0.15, -0.1) is 0 Å². The summed E-state index contributed by atoms with van der Waals surface area (Å²) in [6.45, 7) is 0.794. The molecule has 6 aliphatic rings. The Balaban J connectivity index is 1.63. The molecule has 8 atom stereocenters. The zero-order valence-electron chi connectivity index (χ0n) is 9.06. The van der Waals surface area contributed by atoms with Gasteiger partial charge in [0.15, 0.2) is 0 Å². The highest BCUT2D eigenvalue weighted by atomic mass is 16.3. The Morgan fingerprint density at radius 3 is 3.00 bits per heavy atom. The second-order valence-electron chi connectivity index (χ2n) is 6.92. The minimum atomic E-state index is 0.286. The Hall–Kier alpha value is -0.760. The van der Waals surface area contributed by atoms with Gasteiger partial charge in [-0.1, -0.05) is 6.08 Å². The molecule has 16 heavy (non-hydrogen) atoms. The van der Waals surface area contributed by atoms with E-state index in [4.69, 9.17) is 5.73 Å². The molecule has 2 heteroatoms. The summed E-state index contributed by atoms with van der Waals surface area (Å²) in [6, 6.07) is 0. The first-order valence-corrected chi connectivity index (χ1v) is 6.62. The average molecular weight is 213 g/mol. The monoisotopic (exact) mass is 213 g/mol. The predicted octanol–water partition coefficient (Wildman–Crippen LogP) is 1.46. The van der Waals surface area contributed by atoms with Crippen LogP contribution in [0.1, 0.15) is 6.42 Å². The van der Waals surface area contributed by atoms with E-state index in [1.165, 1.54) is 12.0 Å². The van der Waals surface area contributed by atoms with E-state index in [-0.39, 0.29) is 5.41 Å². The van der Waals surface area contributed by atoms with Crippen molar-refractivity contribution in [2.45, 2.75) is 6.42 Å². The molecule has 0 aromatic heterocycles. The van der Waals surface area contributed by atoms with Crippen LogP contribution in [0.15, 0.2) is 23.5 Å². The van der Waals surface area contributed by atoms with Crippen molar-refractivity contribution in [3.05, 3.63) is 23.5 Å². The van der Waals surface area contributed by atoms with E-state index in [9.17, 15) is 5.11 Å². The lowest BCUT2D eigenvalue weighted by atomic mass is 9.68. The fourth-order valence-corrected chi connectivity index (χ4v) is 6.81. The quantitative estimate of drug-likeness (QED) is 0.692. The SMILES string of the molecule is NCC12C=CC(O)=C3C4C5C6CC6C5C1C342. The molecule has 0 bridgehead atoms. The average Bonchev–Trinajstić information content (AvgIpc) is 3.19. The van der Waals surface area contributed by atoms with Gasteiger partial charge in [-0.05, 0) is 53.6 Å². The van der Waals surface area contributed by atoms with Crippen molar-refractivity contribution in [3.63, 3.8) is 0 Å². The summed E-state index contributed by atoms with van der Waals surface area (Å²) in [4.78, 5) is 0. The maximum Gasteiger partial charge on any atom is 0.115 e. The van der Waals surface area contributed by atoms with Gasteiger partial charge in [0.2, 0.25) is 0 Å². The molecule has 8 unspecified atom stereocenters. The van der Waals surface area contributed by atoms with Crippen LogP contribution >= 0.6 is 0 Å². The zero-order chi connectivity index (χ0) is 10.4. The lowest BCUT2D eigenvalue weighted by Gasteiger charge is -2.36. The number of allylic oxidation sites excluding steroid dienone is 2. The lowest BCUT2D eigenvalue weighted by Crippen LogP contribution is -2.35. The van der Waals surface area contributed by atoms with Crippen LogP contribution in [-0.4, -0.2) is 11.7 Å². The van der Waals surface area contributed by atoms with Crippen LogP contribution in [-0.2, 0) is 0 Å². The molecule has 0 amide bonds. The molecule has 0 heterocycles. The largest absolute Gasteiger partial charge is 0.508 e. The van der Waals surface area contributed by atoms with E-state index in [0.717, 1.165) is 42.1 Å². The summed E-state index contributed by atoms with van der Waals surface area (Å²) in [5.74, 6) is 6.19. The maximum atomic E-state index is 10.0. The van der Waals surface area contributed by atoms with Crippen molar-refractivity contribution in [1.82, 2.24) is 0 Å².